The van der Waals surface area contributed by atoms with Crippen LogP contribution in [0.4, 0.5) is 5.69 Å². The molecule has 0 atom stereocenters. The van der Waals surface area contributed by atoms with E-state index in [2.05, 4.69) is 4.90 Å². The Balaban J connectivity index is 1.61. The normalized spacial score (nSPS) is 15.6. The van der Waals surface area contributed by atoms with E-state index in [-0.39, 0.29) is 5.97 Å². The summed E-state index contributed by atoms with van der Waals surface area (Å²) >= 11 is 0. The highest BCUT2D eigenvalue weighted by Crippen LogP contribution is 2.09. The lowest BCUT2D eigenvalue weighted by atomic mass is 10.1. The largest absolute Gasteiger partial charge is 0.465 e. The van der Waals surface area contributed by atoms with Crippen molar-refractivity contribution in [2.75, 3.05) is 32.0 Å². The molecular weight excluding hydrogens is 240 g/mol. The van der Waals surface area contributed by atoms with Crippen molar-refractivity contribution in [2.24, 2.45) is 0 Å². The molecule has 0 amide bonds. The Kier molecular flexibility index (Phi) is 5.21. The number of benzene rings is 1. The second-order valence-corrected chi connectivity index (χ2v) is 5.04. The third kappa shape index (κ3) is 4.91. The van der Waals surface area contributed by atoms with Gasteiger partial charge < -0.3 is 15.4 Å². The molecule has 2 rings (SSSR count). The van der Waals surface area contributed by atoms with Crippen LogP contribution >= 0.6 is 0 Å². The predicted octanol–water partition coefficient (Wildman–Crippen LogP) is 1.84. The lowest BCUT2D eigenvalue weighted by Crippen LogP contribution is -2.22. The molecule has 1 aromatic rings. The average Bonchev–Trinajstić information content (AvgIpc) is 2.88. The Morgan fingerprint density at radius 3 is 2.84 bits per heavy atom. The zero-order valence-electron chi connectivity index (χ0n) is 11.3. The lowest BCUT2D eigenvalue weighted by molar-refractivity contribution is -0.143. The average molecular weight is 262 g/mol. The number of anilines is 1. The van der Waals surface area contributed by atoms with Crippen LogP contribution in [0.3, 0.4) is 0 Å². The smallest absolute Gasteiger partial charge is 0.310 e. The molecule has 1 aromatic carbocycles. The van der Waals surface area contributed by atoms with E-state index in [1.807, 2.05) is 24.3 Å². The van der Waals surface area contributed by atoms with Crippen molar-refractivity contribution >= 4 is 11.7 Å². The van der Waals surface area contributed by atoms with Crippen molar-refractivity contribution < 1.29 is 9.53 Å². The maximum atomic E-state index is 11.6. The summed E-state index contributed by atoms with van der Waals surface area (Å²) in [6, 6.07) is 7.36. The minimum Gasteiger partial charge on any atom is -0.465 e. The molecule has 0 unspecified atom stereocenters. The number of carbonyl (C=O) groups is 1. The van der Waals surface area contributed by atoms with Gasteiger partial charge in [0.1, 0.15) is 0 Å². The van der Waals surface area contributed by atoms with E-state index in [4.69, 9.17) is 10.5 Å². The molecule has 4 nitrogen and oxygen atoms in total. The van der Waals surface area contributed by atoms with Gasteiger partial charge in [0.15, 0.2) is 0 Å². The van der Waals surface area contributed by atoms with Crippen LogP contribution in [0.15, 0.2) is 24.3 Å². The maximum Gasteiger partial charge on any atom is 0.310 e. The van der Waals surface area contributed by atoms with Gasteiger partial charge in [-0.3, -0.25) is 4.79 Å². The highest BCUT2D eigenvalue weighted by atomic mass is 16.5. The van der Waals surface area contributed by atoms with E-state index in [0.29, 0.717) is 18.7 Å². The number of nitrogens with two attached hydrogens (primary N) is 1. The second-order valence-electron chi connectivity index (χ2n) is 5.04. The number of hydrogen-bond donors (Lipinski definition) is 1. The standard InChI is InChI=1S/C15H22N2O2/c16-14-6-3-5-13(11-14)12-15(18)19-10-4-9-17-7-1-2-8-17/h3,5-6,11H,1-2,4,7-10,12,16H2. The van der Waals surface area contributed by atoms with Gasteiger partial charge in [-0.2, -0.15) is 0 Å². The maximum absolute atomic E-state index is 11.6. The minimum absolute atomic E-state index is 0.174. The number of nitrogens with zero attached hydrogens (tertiary/aromatic N) is 1. The van der Waals surface area contributed by atoms with Gasteiger partial charge in [0.25, 0.3) is 0 Å². The highest BCUT2D eigenvalue weighted by Gasteiger charge is 2.11. The Hall–Kier alpha value is -1.55. The summed E-state index contributed by atoms with van der Waals surface area (Å²) in [5, 5.41) is 0. The Morgan fingerprint density at radius 2 is 2.11 bits per heavy atom. The van der Waals surface area contributed by atoms with E-state index >= 15 is 0 Å². The monoisotopic (exact) mass is 262 g/mol. The molecule has 0 aromatic heterocycles. The minimum atomic E-state index is -0.174. The van der Waals surface area contributed by atoms with Crippen molar-refractivity contribution in [2.45, 2.75) is 25.7 Å². The number of likely N-dealkylation sites (tertiary alicyclic amines) is 1. The number of carbonyl (C=O) groups excluding carboxylic acids is 1. The Bertz CT molecular complexity index is 414. The summed E-state index contributed by atoms with van der Waals surface area (Å²) < 4.78 is 5.24. The first-order chi connectivity index (χ1) is 9.24. The van der Waals surface area contributed by atoms with Gasteiger partial charge in [0.2, 0.25) is 0 Å². The van der Waals surface area contributed by atoms with Crippen LogP contribution in [0.5, 0.6) is 0 Å². The van der Waals surface area contributed by atoms with Gasteiger partial charge >= 0.3 is 5.97 Å². The first kappa shape index (κ1) is 13.9. The zero-order valence-corrected chi connectivity index (χ0v) is 11.3. The summed E-state index contributed by atoms with van der Waals surface area (Å²) in [6.45, 7) is 3.93. The van der Waals surface area contributed by atoms with Crippen LogP contribution in [-0.4, -0.2) is 37.1 Å². The molecular formula is C15H22N2O2. The van der Waals surface area contributed by atoms with Crippen LogP contribution in [0.25, 0.3) is 0 Å². The van der Waals surface area contributed by atoms with Crippen LogP contribution in [0, 0.1) is 0 Å². The van der Waals surface area contributed by atoms with Crippen LogP contribution in [-0.2, 0) is 16.0 Å². The first-order valence-corrected chi connectivity index (χ1v) is 6.96. The Morgan fingerprint density at radius 1 is 1.32 bits per heavy atom. The molecule has 1 aliphatic rings. The fraction of sp³-hybridized carbons (Fsp3) is 0.533. The van der Waals surface area contributed by atoms with Crippen molar-refractivity contribution in [3.63, 3.8) is 0 Å². The Labute approximate surface area is 114 Å². The second kappa shape index (κ2) is 7.14. The van der Waals surface area contributed by atoms with Crippen molar-refractivity contribution in [3.8, 4) is 0 Å². The summed E-state index contributed by atoms with van der Waals surface area (Å²) in [4.78, 5) is 14.1. The quantitative estimate of drug-likeness (QED) is 0.483. The molecule has 0 bridgehead atoms. The molecule has 104 valence electrons. The van der Waals surface area contributed by atoms with Gasteiger partial charge in [-0.1, -0.05) is 12.1 Å². The molecule has 2 N–H and O–H groups in total. The predicted molar refractivity (Wildman–Crippen MR) is 75.8 cm³/mol. The molecule has 1 aliphatic heterocycles. The van der Waals surface area contributed by atoms with E-state index in [0.717, 1.165) is 18.5 Å². The van der Waals surface area contributed by atoms with Gasteiger partial charge in [0.05, 0.1) is 13.0 Å². The van der Waals surface area contributed by atoms with Gasteiger partial charge in [-0.05, 0) is 50.0 Å². The molecule has 0 saturated carbocycles. The lowest BCUT2D eigenvalue weighted by Gasteiger charge is -2.14. The molecule has 1 fully saturated rings. The van der Waals surface area contributed by atoms with Gasteiger partial charge in [0, 0.05) is 12.2 Å². The van der Waals surface area contributed by atoms with Crippen molar-refractivity contribution in [1.82, 2.24) is 4.90 Å². The molecule has 1 heterocycles. The molecule has 0 radical (unpaired) electrons. The summed E-state index contributed by atoms with van der Waals surface area (Å²) in [7, 11) is 0. The first-order valence-electron chi connectivity index (χ1n) is 6.96. The molecule has 4 heteroatoms. The van der Waals surface area contributed by atoms with Crippen LogP contribution in [0.2, 0.25) is 0 Å². The van der Waals surface area contributed by atoms with Crippen molar-refractivity contribution in [3.05, 3.63) is 29.8 Å². The summed E-state index contributed by atoms with van der Waals surface area (Å²) in [5.41, 5.74) is 7.26. The fourth-order valence-corrected chi connectivity index (χ4v) is 2.40. The van der Waals surface area contributed by atoms with Crippen LogP contribution < -0.4 is 5.73 Å². The summed E-state index contributed by atoms with van der Waals surface area (Å²) in [6.07, 6.45) is 3.82. The van der Waals surface area contributed by atoms with E-state index in [9.17, 15) is 4.79 Å². The van der Waals surface area contributed by atoms with E-state index in [1.165, 1.54) is 25.9 Å². The number of ether oxygens (including phenoxy) is 1. The third-order valence-electron chi connectivity index (χ3n) is 3.38. The van der Waals surface area contributed by atoms with E-state index < -0.39 is 0 Å². The van der Waals surface area contributed by atoms with Gasteiger partial charge in [-0.15, -0.1) is 0 Å². The summed E-state index contributed by atoms with van der Waals surface area (Å²) in [5.74, 6) is -0.174. The molecule has 1 saturated heterocycles. The molecule has 0 spiro atoms. The van der Waals surface area contributed by atoms with Gasteiger partial charge in [-0.25, -0.2) is 0 Å². The third-order valence-corrected chi connectivity index (χ3v) is 3.38. The number of rotatable bonds is 6. The number of esters is 1. The zero-order chi connectivity index (χ0) is 13.5. The fourth-order valence-electron chi connectivity index (χ4n) is 2.40. The molecule has 19 heavy (non-hydrogen) atoms. The number of nitrogen functional groups attached to an aromatic ring is 1. The van der Waals surface area contributed by atoms with Crippen LogP contribution in [0.1, 0.15) is 24.8 Å². The van der Waals surface area contributed by atoms with E-state index in [1.54, 1.807) is 0 Å². The SMILES string of the molecule is Nc1cccc(CC(=O)OCCCN2CCCC2)c1. The topological polar surface area (TPSA) is 55.6 Å². The van der Waals surface area contributed by atoms with Crippen molar-refractivity contribution in [1.29, 1.82) is 0 Å². The molecule has 0 aliphatic carbocycles. The highest BCUT2D eigenvalue weighted by molar-refractivity contribution is 5.72. The number of hydrogen-bond acceptors (Lipinski definition) is 4.